The van der Waals surface area contributed by atoms with Gasteiger partial charge in [0.1, 0.15) is 11.5 Å². The number of benzene rings is 3. The molecule has 0 bridgehead atoms. The van der Waals surface area contributed by atoms with Crippen LogP contribution in [0.1, 0.15) is 78.9 Å². The Labute approximate surface area is 204 Å². The van der Waals surface area contributed by atoms with Crippen molar-refractivity contribution >= 4 is 22.4 Å². The van der Waals surface area contributed by atoms with Gasteiger partial charge in [-0.05, 0) is 53.9 Å². The molecule has 0 radical (unpaired) electrons. The lowest BCUT2D eigenvalue weighted by Crippen LogP contribution is -2.33. The normalized spacial score (nSPS) is 13.0. The van der Waals surface area contributed by atoms with Crippen LogP contribution in [0.3, 0.4) is 0 Å². The number of fused-ring (bicyclic) bond motifs is 1. The van der Waals surface area contributed by atoms with Gasteiger partial charge in [-0.25, -0.2) is 0 Å². The molecule has 0 aliphatic carbocycles. The zero-order valence-corrected chi connectivity index (χ0v) is 21.7. The Morgan fingerprint density at radius 1 is 0.912 bits per heavy atom. The number of rotatable bonds is 9. The van der Waals surface area contributed by atoms with Crippen molar-refractivity contribution in [2.24, 2.45) is 0 Å². The summed E-state index contributed by atoms with van der Waals surface area (Å²) in [5.41, 5.74) is 3.06. The molecule has 34 heavy (non-hydrogen) atoms. The summed E-state index contributed by atoms with van der Waals surface area (Å²) >= 11 is 0. The number of anilines is 1. The summed E-state index contributed by atoms with van der Waals surface area (Å²) in [7, 11) is 0. The number of carbonyl (C=O) groups is 1. The maximum absolute atomic E-state index is 13.3. The minimum atomic E-state index is -0.635. The second-order valence-electron chi connectivity index (χ2n) is 10.4. The molecule has 0 aliphatic heterocycles. The summed E-state index contributed by atoms with van der Waals surface area (Å²) in [5, 5.41) is 14.7. The van der Waals surface area contributed by atoms with Gasteiger partial charge in [-0.15, -0.1) is 0 Å². The predicted octanol–water partition coefficient (Wildman–Crippen LogP) is 7.72. The quantitative estimate of drug-likeness (QED) is 0.321. The van der Waals surface area contributed by atoms with Gasteiger partial charge >= 0.3 is 0 Å². The molecule has 0 saturated heterocycles. The molecule has 3 rings (SSSR count). The molecule has 0 aromatic heterocycles. The third-order valence-electron chi connectivity index (χ3n) is 7.35. The van der Waals surface area contributed by atoms with E-state index in [0.29, 0.717) is 17.5 Å². The zero-order chi connectivity index (χ0) is 25.1. The van der Waals surface area contributed by atoms with Crippen LogP contribution in [0.2, 0.25) is 0 Å². The molecular formula is C30H39NO3. The predicted molar refractivity (Wildman–Crippen MR) is 142 cm³/mol. The van der Waals surface area contributed by atoms with E-state index < -0.39 is 6.10 Å². The van der Waals surface area contributed by atoms with E-state index in [1.807, 2.05) is 37.3 Å². The molecular weight excluding hydrogens is 422 g/mol. The molecule has 1 unspecified atom stereocenters. The van der Waals surface area contributed by atoms with Gasteiger partial charge in [-0.2, -0.15) is 0 Å². The maximum Gasteiger partial charge on any atom is 0.265 e. The van der Waals surface area contributed by atoms with Crippen LogP contribution >= 0.6 is 0 Å². The summed E-state index contributed by atoms with van der Waals surface area (Å²) in [6, 6.07) is 17.3. The standard InChI is InChI=1S/C30H39NO3/c1-8-26(28(33)31-24-16-17-25(32)22-14-12-11-13-21(22)24)34-27-18-15-20(29(4,5)9-2)19-23(27)30(6,7)10-3/h11-19,26,32H,8-10H2,1-7H3,(H,31,33). The average Bonchev–Trinajstić information content (AvgIpc) is 2.84. The van der Waals surface area contributed by atoms with Gasteiger partial charge in [0, 0.05) is 22.0 Å². The van der Waals surface area contributed by atoms with Crippen LogP contribution in [0.15, 0.2) is 54.6 Å². The molecule has 3 aromatic rings. The van der Waals surface area contributed by atoms with Crippen LogP contribution in [0.4, 0.5) is 5.69 Å². The first-order valence-corrected chi connectivity index (χ1v) is 12.4. The van der Waals surface area contributed by atoms with E-state index >= 15 is 0 Å². The molecule has 0 fully saturated rings. The Morgan fingerprint density at radius 2 is 1.56 bits per heavy atom. The van der Waals surface area contributed by atoms with E-state index in [0.717, 1.165) is 29.5 Å². The van der Waals surface area contributed by atoms with E-state index in [4.69, 9.17) is 4.74 Å². The summed E-state index contributed by atoms with van der Waals surface area (Å²) in [5.74, 6) is 0.759. The third kappa shape index (κ3) is 5.22. The smallest absolute Gasteiger partial charge is 0.265 e. The number of hydrogen-bond donors (Lipinski definition) is 2. The number of hydrogen-bond acceptors (Lipinski definition) is 3. The Balaban J connectivity index is 1.93. The van der Waals surface area contributed by atoms with Crippen LogP contribution in [0.25, 0.3) is 10.8 Å². The van der Waals surface area contributed by atoms with Crippen molar-refractivity contribution in [2.75, 3.05) is 5.32 Å². The summed E-state index contributed by atoms with van der Waals surface area (Å²) in [4.78, 5) is 13.3. The number of ether oxygens (including phenoxy) is 1. The number of phenolic OH excluding ortho intramolecular Hbond substituents is 1. The highest BCUT2D eigenvalue weighted by Gasteiger charge is 2.29. The largest absolute Gasteiger partial charge is 0.507 e. The van der Waals surface area contributed by atoms with Crippen molar-refractivity contribution in [3.05, 3.63) is 65.7 Å². The van der Waals surface area contributed by atoms with Gasteiger partial charge in [0.05, 0.1) is 0 Å². The molecule has 2 N–H and O–H groups in total. The van der Waals surface area contributed by atoms with E-state index in [9.17, 15) is 9.90 Å². The molecule has 182 valence electrons. The van der Waals surface area contributed by atoms with Crippen molar-refractivity contribution in [1.29, 1.82) is 0 Å². The van der Waals surface area contributed by atoms with Crippen molar-refractivity contribution in [3.8, 4) is 11.5 Å². The molecule has 0 spiro atoms. The van der Waals surface area contributed by atoms with Crippen LogP contribution in [-0.2, 0) is 15.6 Å². The lowest BCUT2D eigenvalue weighted by Gasteiger charge is -2.31. The average molecular weight is 462 g/mol. The first-order valence-electron chi connectivity index (χ1n) is 12.4. The Morgan fingerprint density at radius 3 is 2.18 bits per heavy atom. The fraction of sp³-hybridized carbons (Fsp3) is 0.433. The van der Waals surface area contributed by atoms with Crippen molar-refractivity contribution in [3.63, 3.8) is 0 Å². The van der Waals surface area contributed by atoms with E-state index in [1.165, 1.54) is 5.56 Å². The molecule has 3 aromatic carbocycles. The molecule has 1 amide bonds. The molecule has 0 heterocycles. The highest BCUT2D eigenvalue weighted by atomic mass is 16.5. The number of aromatic hydroxyl groups is 1. The number of carbonyl (C=O) groups excluding carboxylic acids is 1. The van der Waals surface area contributed by atoms with Gasteiger partial charge in [0.25, 0.3) is 5.91 Å². The van der Waals surface area contributed by atoms with Gasteiger partial charge in [0.15, 0.2) is 6.10 Å². The molecule has 0 aliphatic rings. The van der Waals surface area contributed by atoms with E-state index in [2.05, 4.69) is 59.0 Å². The third-order valence-corrected chi connectivity index (χ3v) is 7.35. The minimum Gasteiger partial charge on any atom is -0.507 e. The van der Waals surface area contributed by atoms with Gasteiger partial charge in [-0.1, -0.05) is 84.9 Å². The molecule has 0 saturated carbocycles. The van der Waals surface area contributed by atoms with Gasteiger partial charge in [0.2, 0.25) is 0 Å². The Kier molecular flexibility index (Phi) is 7.60. The SMILES string of the molecule is CCC(Oc1ccc(C(C)(C)CC)cc1C(C)(C)CC)C(=O)Nc1ccc(O)c2ccccc12. The van der Waals surface area contributed by atoms with Crippen LogP contribution < -0.4 is 10.1 Å². The highest BCUT2D eigenvalue weighted by molar-refractivity contribution is 6.05. The summed E-state index contributed by atoms with van der Waals surface area (Å²) in [6.07, 6.45) is 1.90. The maximum atomic E-state index is 13.3. The lowest BCUT2D eigenvalue weighted by atomic mass is 9.76. The fourth-order valence-electron chi connectivity index (χ4n) is 4.06. The van der Waals surface area contributed by atoms with Crippen molar-refractivity contribution in [2.45, 2.75) is 84.7 Å². The Hall–Kier alpha value is -3.01. The van der Waals surface area contributed by atoms with Crippen molar-refractivity contribution < 1.29 is 14.6 Å². The summed E-state index contributed by atoms with van der Waals surface area (Å²) < 4.78 is 6.39. The second-order valence-corrected chi connectivity index (χ2v) is 10.4. The highest BCUT2D eigenvalue weighted by Crippen LogP contribution is 2.39. The van der Waals surface area contributed by atoms with Crippen LogP contribution in [-0.4, -0.2) is 17.1 Å². The fourth-order valence-corrected chi connectivity index (χ4v) is 4.06. The topological polar surface area (TPSA) is 58.6 Å². The second kappa shape index (κ2) is 10.1. The Bertz CT molecular complexity index is 1160. The summed E-state index contributed by atoms with van der Waals surface area (Å²) in [6.45, 7) is 15.3. The van der Waals surface area contributed by atoms with Crippen LogP contribution in [0, 0.1) is 0 Å². The first kappa shape index (κ1) is 25.6. The first-order chi connectivity index (χ1) is 16.0. The number of phenols is 1. The zero-order valence-electron chi connectivity index (χ0n) is 21.7. The molecule has 4 nitrogen and oxygen atoms in total. The van der Waals surface area contributed by atoms with Crippen molar-refractivity contribution in [1.82, 2.24) is 0 Å². The van der Waals surface area contributed by atoms with E-state index in [-0.39, 0.29) is 22.5 Å². The minimum absolute atomic E-state index is 0.0680. The monoisotopic (exact) mass is 461 g/mol. The molecule has 1 atom stereocenters. The van der Waals surface area contributed by atoms with E-state index in [1.54, 1.807) is 12.1 Å². The molecule has 4 heteroatoms. The van der Waals surface area contributed by atoms with Crippen LogP contribution in [0.5, 0.6) is 11.5 Å². The van der Waals surface area contributed by atoms with Gasteiger partial charge in [-0.3, -0.25) is 4.79 Å². The lowest BCUT2D eigenvalue weighted by molar-refractivity contribution is -0.122. The van der Waals surface area contributed by atoms with Gasteiger partial charge < -0.3 is 15.2 Å². The number of amides is 1. The number of nitrogens with one attached hydrogen (secondary N) is 1.